The van der Waals surface area contributed by atoms with E-state index < -0.39 is 0 Å². The lowest BCUT2D eigenvalue weighted by molar-refractivity contribution is 0.102. The maximum Gasteiger partial charge on any atom is 0.256 e. The van der Waals surface area contributed by atoms with E-state index in [2.05, 4.69) is 10.5 Å². The third kappa shape index (κ3) is 3.34. The van der Waals surface area contributed by atoms with Gasteiger partial charge >= 0.3 is 0 Å². The second kappa shape index (κ2) is 5.76. The summed E-state index contributed by atoms with van der Waals surface area (Å²) in [5.41, 5.74) is 1.43. The number of benzene rings is 1. The summed E-state index contributed by atoms with van der Waals surface area (Å²) in [6.07, 6.45) is 3.91. The van der Waals surface area contributed by atoms with Crippen molar-refractivity contribution in [1.29, 1.82) is 0 Å². The van der Waals surface area contributed by atoms with Gasteiger partial charge in [-0.15, -0.1) is 0 Å². The van der Waals surface area contributed by atoms with Gasteiger partial charge in [0, 0.05) is 35.1 Å². The summed E-state index contributed by atoms with van der Waals surface area (Å²) < 4.78 is 7.25. The number of aromatic nitrogens is 2. The van der Waals surface area contributed by atoms with Gasteiger partial charge in [-0.1, -0.05) is 25.9 Å². The molecule has 0 saturated carbocycles. The van der Waals surface area contributed by atoms with Crippen LogP contribution in [0, 0.1) is 0 Å². The Morgan fingerprint density at radius 3 is 2.35 bits per heavy atom. The van der Waals surface area contributed by atoms with Crippen molar-refractivity contribution >= 4 is 11.7 Å². The zero-order valence-corrected chi connectivity index (χ0v) is 13.4. The van der Waals surface area contributed by atoms with Gasteiger partial charge in [0.15, 0.2) is 5.82 Å². The minimum Gasteiger partial charge on any atom is -0.359 e. The van der Waals surface area contributed by atoms with Crippen LogP contribution in [0.1, 0.15) is 36.9 Å². The highest BCUT2D eigenvalue weighted by atomic mass is 16.5. The monoisotopic (exact) mass is 309 g/mol. The van der Waals surface area contributed by atoms with Crippen LogP contribution in [-0.4, -0.2) is 15.6 Å². The number of hydrogen-bond donors (Lipinski definition) is 1. The van der Waals surface area contributed by atoms with Crippen molar-refractivity contribution in [3.05, 3.63) is 66.2 Å². The molecule has 0 fully saturated rings. The average molecular weight is 309 g/mol. The first-order valence-electron chi connectivity index (χ1n) is 7.45. The molecule has 0 atom stereocenters. The molecule has 0 saturated heterocycles. The van der Waals surface area contributed by atoms with E-state index in [0.717, 1.165) is 11.4 Å². The van der Waals surface area contributed by atoms with Crippen molar-refractivity contribution in [2.75, 3.05) is 5.32 Å². The molecule has 0 radical (unpaired) electrons. The summed E-state index contributed by atoms with van der Waals surface area (Å²) in [6, 6.07) is 13.0. The third-order valence-electron chi connectivity index (χ3n) is 3.52. The minimum absolute atomic E-state index is 0.144. The van der Waals surface area contributed by atoms with Gasteiger partial charge in [-0.3, -0.25) is 4.79 Å². The topological polar surface area (TPSA) is 60.1 Å². The molecule has 5 heteroatoms. The van der Waals surface area contributed by atoms with E-state index in [0.29, 0.717) is 11.4 Å². The fourth-order valence-electron chi connectivity index (χ4n) is 2.17. The molecule has 0 unspecified atom stereocenters. The van der Waals surface area contributed by atoms with E-state index in [1.165, 1.54) is 0 Å². The van der Waals surface area contributed by atoms with Gasteiger partial charge in [-0.05, 0) is 36.4 Å². The molecule has 0 spiro atoms. The predicted octanol–water partition coefficient (Wildman–Crippen LogP) is 4.02. The minimum atomic E-state index is -0.210. The molecular weight excluding hydrogens is 290 g/mol. The maximum atomic E-state index is 12.3. The molecule has 0 bridgehead atoms. The first-order chi connectivity index (χ1) is 10.9. The Hall–Kier alpha value is -2.82. The van der Waals surface area contributed by atoms with E-state index >= 15 is 0 Å². The van der Waals surface area contributed by atoms with E-state index in [9.17, 15) is 4.79 Å². The van der Waals surface area contributed by atoms with E-state index in [4.69, 9.17) is 4.52 Å². The number of rotatable bonds is 3. The van der Waals surface area contributed by atoms with Crippen LogP contribution in [-0.2, 0) is 5.41 Å². The Balaban J connectivity index is 1.72. The number of nitrogens with one attached hydrogen (secondary N) is 1. The zero-order chi connectivity index (χ0) is 16.4. The molecule has 3 aromatic rings. The molecule has 1 N–H and O–H groups in total. The Morgan fingerprint density at radius 2 is 1.78 bits per heavy atom. The maximum absolute atomic E-state index is 12.3. The van der Waals surface area contributed by atoms with Crippen molar-refractivity contribution in [3.8, 4) is 5.69 Å². The molecule has 2 aromatic heterocycles. The van der Waals surface area contributed by atoms with Crippen LogP contribution >= 0.6 is 0 Å². The smallest absolute Gasteiger partial charge is 0.256 e. The van der Waals surface area contributed by atoms with Crippen molar-refractivity contribution in [1.82, 2.24) is 9.72 Å². The summed E-state index contributed by atoms with van der Waals surface area (Å²) in [6.45, 7) is 6.08. The number of hydrogen-bond acceptors (Lipinski definition) is 3. The van der Waals surface area contributed by atoms with Crippen LogP contribution in [0.5, 0.6) is 0 Å². The Morgan fingerprint density at radius 1 is 1.13 bits per heavy atom. The number of carbonyl (C=O) groups excluding carboxylic acids is 1. The quantitative estimate of drug-likeness (QED) is 0.795. The SMILES string of the molecule is CC(C)(C)c1cc(NC(=O)c2ccc(-n3cccc3)cc2)no1. The molecule has 0 aliphatic rings. The lowest BCUT2D eigenvalue weighted by Gasteiger charge is -2.12. The van der Waals surface area contributed by atoms with Crippen LogP contribution in [0.4, 0.5) is 5.82 Å². The molecule has 1 amide bonds. The summed E-state index contributed by atoms with van der Waals surface area (Å²) >= 11 is 0. The van der Waals surface area contributed by atoms with Crippen LogP contribution in [0.15, 0.2) is 59.4 Å². The normalized spacial score (nSPS) is 11.4. The van der Waals surface area contributed by atoms with E-state index in [-0.39, 0.29) is 11.3 Å². The second-order valence-electron chi connectivity index (χ2n) is 6.42. The second-order valence-corrected chi connectivity index (χ2v) is 6.42. The average Bonchev–Trinajstić information content (AvgIpc) is 3.18. The van der Waals surface area contributed by atoms with Gasteiger partial charge in [0.2, 0.25) is 0 Å². The predicted molar refractivity (Wildman–Crippen MR) is 88.9 cm³/mol. The van der Waals surface area contributed by atoms with Gasteiger partial charge in [-0.25, -0.2) is 0 Å². The largest absolute Gasteiger partial charge is 0.359 e. The molecule has 23 heavy (non-hydrogen) atoms. The Bertz CT molecular complexity index is 794. The molecule has 0 aliphatic carbocycles. The highest BCUT2D eigenvalue weighted by molar-refractivity contribution is 6.03. The van der Waals surface area contributed by atoms with Gasteiger partial charge < -0.3 is 14.4 Å². The van der Waals surface area contributed by atoms with Gasteiger partial charge in [0.1, 0.15) is 5.76 Å². The fraction of sp³-hybridized carbons (Fsp3) is 0.222. The van der Waals surface area contributed by atoms with Gasteiger partial charge in [-0.2, -0.15) is 0 Å². The van der Waals surface area contributed by atoms with Gasteiger partial charge in [0.05, 0.1) is 0 Å². The summed E-state index contributed by atoms with van der Waals surface area (Å²) in [4.78, 5) is 12.3. The highest BCUT2D eigenvalue weighted by Gasteiger charge is 2.20. The molecule has 1 aromatic carbocycles. The van der Waals surface area contributed by atoms with Crippen LogP contribution in [0.25, 0.3) is 5.69 Å². The molecule has 3 rings (SSSR count). The first-order valence-corrected chi connectivity index (χ1v) is 7.45. The van der Waals surface area contributed by atoms with Crippen LogP contribution in [0.2, 0.25) is 0 Å². The Labute approximate surface area is 134 Å². The summed E-state index contributed by atoms with van der Waals surface area (Å²) in [5, 5.41) is 6.65. The van der Waals surface area contributed by atoms with Crippen molar-refractivity contribution in [2.45, 2.75) is 26.2 Å². The lowest BCUT2D eigenvalue weighted by Crippen LogP contribution is -2.12. The standard InChI is InChI=1S/C18H19N3O2/c1-18(2,3)15-12-16(20-23-15)19-17(22)13-6-8-14(9-7-13)21-10-4-5-11-21/h4-12H,1-3H3,(H,19,20,22). The van der Waals surface area contributed by atoms with Gasteiger partial charge in [0.25, 0.3) is 5.91 Å². The van der Waals surface area contributed by atoms with Crippen molar-refractivity contribution in [2.24, 2.45) is 0 Å². The molecule has 0 aliphatic heterocycles. The lowest BCUT2D eigenvalue weighted by atomic mass is 9.93. The summed E-state index contributed by atoms with van der Waals surface area (Å²) in [5.74, 6) is 0.947. The van der Waals surface area contributed by atoms with Crippen molar-refractivity contribution in [3.63, 3.8) is 0 Å². The molecular formula is C18H19N3O2. The zero-order valence-electron chi connectivity index (χ0n) is 13.4. The number of anilines is 1. The Kier molecular flexibility index (Phi) is 3.78. The molecule has 5 nitrogen and oxygen atoms in total. The number of amides is 1. The van der Waals surface area contributed by atoms with Crippen LogP contribution < -0.4 is 5.32 Å². The molecule has 118 valence electrons. The number of nitrogens with zero attached hydrogens (tertiary/aromatic N) is 2. The highest BCUT2D eigenvalue weighted by Crippen LogP contribution is 2.24. The van der Waals surface area contributed by atoms with Crippen molar-refractivity contribution < 1.29 is 9.32 Å². The fourth-order valence-corrected chi connectivity index (χ4v) is 2.17. The summed E-state index contributed by atoms with van der Waals surface area (Å²) in [7, 11) is 0. The third-order valence-corrected chi connectivity index (χ3v) is 3.52. The van der Waals surface area contributed by atoms with Crippen LogP contribution in [0.3, 0.4) is 0 Å². The first kappa shape index (κ1) is 15.1. The van der Waals surface area contributed by atoms with E-state index in [1.54, 1.807) is 18.2 Å². The number of carbonyl (C=O) groups is 1. The molecule has 2 heterocycles. The van der Waals surface area contributed by atoms with E-state index in [1.807, 2.05) is 62.0 Å².